The van der Waals surface area contributed by atoms with Crippen molar-refractivity contribution in [2.45, 2.75) is 31.2 Å². The number of piperidine rings is 1. The second-order valence-electron chi connectivity index (χ2n) is 8.66. The summed E-state index contributed by atoms with van der Waals surface area (Å²) < 4.78 is 0. The highest BCUT2D eigenvalue weighted by Crippen LogP contribution is 2.37. The van der Waals surface area contributed by atoms with Gasteiger partial charge < -0.3 is 15.1 Å². The van der Waals surface area contributed by atoms with Gasteiger partial charge in [0, 0.05) is 41.8 Å². The van der Waals surface area contributed by atoms with Gasteiger partial charge in [0.15, 0.2) is 5.78 Å². The van der Waals surface area contributed by atoms with E-state index in [1.54, 1.807) is 0 Å². The molecule has 1 atom stereocenters. The molecule has 0 aromatic heterocycles. The number of hydrogen-bond acceptors (Lipinski definition) is 4. The quantitative estimate of drug-likeness (QED) is 0.820. The first-order valence-electron chi connectivity index (χ1n) is 10.7. The average Bonchev–Trinajstić information content (AvgIpc) is 3.08. The van der Waals surface area contributed by atoms with Crippen molar-refractivity contribution in [1.82, 2.24) is 10.2 Å². The maximum atomic E-state index is 13.0. The van der Waals surface area contributed by atoms with E-state index < -0.39 is 5.54 Å². The summed E-state index contributed by atoms with van der Waals surface area (Å²) in [6.07, 6.45) is 3.35. The van der Waals surface area contributed by atoms with Crippen molar-refractivity contribution in [2.75, 3.05) is 31.2 Å². The molecule has 0 bridgehead atoms. The van der Waals surface area contributed by atoms with Crippen LogP contribution >= 0.6 is 11.6 Å². The number of hydrogen-bond donors (Lipinski definition) is 1. The molecule has 1 unspecified atom stereocenters. The molecule has 6 heteroatoms. The van der Waals surface area contributed by atoms with Crippen molar-refractivity contribution in [1.29, 1.82) is 0 Å². The van der Waals surface area contributed by atoms with Crippen molar-refractivity contribution in [2.24, 2.45) is 5.92 Å². The van der Waals surface area contributed by atoms with Gasteiger partial charge in [0.25, 0.3) is 0 Å². The Hall–Kier alpha value is -2.37. The van der Waals surface area contributed by atoms with Gasteiger partial charge in [-0.05, 0) is 55.5 Å². The molecule has 2 saturated heterocycles. The fraction of sp³-hybridized carbons (Fsp3) is 0.417. The van der Waals surface area contributed by atoms with E-state index in [9.17, 15) is 9.59 Å². The molecule has 1 amide bonds. The van der Waals surface area contributed by atoms with Gasteiger partial charge >= 0.3 is 0 Å². The molecule has 3 aliphatic rings. The molecule has 2 heterocycles. The van der Waals surface area contributed by atoms with Crippen LogP contribution in [0.5, 0.6) is 0 Å². The largest absolute Gasteiger partial charge is 0.339 e. The molecule has 2 aromatic carbocycles. The summed E-state index contributed by atoms with van der Waals surface area (Å²) in [6.45, 7) is 2.96. The van der Waals surface area contributed by atoms with E-state index in [0.717, 1.165) is 62.1 Å². The molecule has 2 aliphatic heterocycles. The molecule has 2 fully saturated rings. The van der Waals surface area contributed by atoms with Gasteiger partial charge in [-0.25, -0.2) is 0 Å². The number of nitrogens with zero attached hydrogens (tertiary/aromatic N) is 2. The van der Waals surface area contributed by atoms with Gasteiger partial charge in [-0.15, -0.1) is 0 Å². The summed E-state index contributed by atoms with van der Waals surface area (Å²) in [6, 6.07) is 15.8. The average molecular weight is 424 g/mol. The Labute approximate surface area is 182 Å². The monoisotopic (exact) mass is 423 g/mol. The first-order valence-corrected chi connectivity index (χ1v) is 11.1. The van der Waals surface area contributed by atoms with E-state index in [1.807, 2.05) is 36.4 Å². The van der Waals surface area contributed by atoms with Crippen molar-refractivity contribution in [3.8, 4) is 0 Å². The summed E-state index contributed by atoms with van der Waals surface area (Å²) in [5.74, 6) is 0.347. The number of fused-ring (bicyclic) bond motifs is 1. The van der Waals surface area contributed by atoms with Crippen LogP contribution in [0.2, 0.25) is 5.02 Å². The number of nitrogens with one attached hydrogen (secondary N) is 1. The Morgan fingerprint density at radius 3 is 2.60 bits per heavy atom. The molecule has 0 saturated carbocycles. The minimum Gasteiger partial charge on any atom is -0.339 e. The highest BCUT2D eigenvalue weighted by molar-refractivity contribution is 6.31. The van der Waals surface area contributed by atoms with Crippen molar-refractivity contribution < 1.29 is 9.59 Å². The van der Waals surface area contributed by atoms with Gasteiger partial charge in [0.05, 0.1) is 6.67 Å². The van der Waals surface area contributed by atoms with Crippen molar-refractivity contribution in [3.05, 3.63) is 64.7 Å². The van der Waals surface area contributed by atoms with Crippen LogP contribution in [0.25, 0.3) is 0 Å². The number of rotatable bonds is 3. The summed E-state index contributed by atoms with van der Waals surface area (Å²) in [4.78, 5) is 30.4. The molecule has 156 valence electrons. The van der Waals surface area contributed by atoms with E-state index in [2.05, 4.69) is 27.2 Å². The van der Waals surface area contributed by atoms with E-state index in [4.69, 9.17) is 11.6 Å². The first kappa shape index (κ1) is 19.6. The predicted molar refractivity (Wildman–Crippen MR) is 118 cm³/mol. The zero-order chi connectivity index (χ0) is 20.7. The third-order valence-electron chi connectivity index (χ3n) is 7.04. The molecule has 1 N–H and O–H groups in total. The van der Waals surface area contributed by atoms with E-state index in [-0.39, 0.29) is 17.6 Å². The second-order valence-corrected chi connectivity index (χ2v) is 9.10. The topological polar surface area (TPSA) is 52.7 Å². The van der Waals surface area contributed by atoms with E-state index in [0.29, 0.717) is 11.7 Å². The first-order chi connectivity index (χ1) is 14.6. The van der Waals surface area contributed by atoms with Crippen LogP contribution < -0.4 is 10.2 Å². The van der Waals surface area contributed by atoms with E-state index >= 15 is 0 Å². The summed E-state index contributed by atoms with van der Waals surface area (Å²) in [5.41, 5.74) is 2.51. The smallest absolute Gasteiger partial charge is 0.247 e. The molecular weight excluding hydrogens is 398 g/mol. The number of halogens is 1. The molecule has 30 heavy (non-hydrogen) atoms. The molecule has 1 aliphatic carbocycles. The number of benzene rings is 2. The van der Waals surface area contributed by atoms with Crippen LogP contribution in [0.3, 0.4) is 0 Å². The van der Waals surface area contributed by atoms with Crippen LogP contribution in [0, 0.1) is 5.92 Å². The third-order valence-corrected chi connectivity index (χ3v) is 7.27. The van der Waals surface area contributed by atoms with Gasteiger partial charge in [0.1, 0.15) is 5.54 Å². The summed E-state index contributed by atoms with van der Waals surface area (Å²) >= 11 is 6.12. The highest BCUT2D eigenvalue weighted by atomic mass is 35.5. The Balaban J connectivity index is 1.27. The van der Waals surface area contributed by atoms with Gasteiger partial charge in [-0.1, -0.05) is 35.9 Å². The minimum atomic E-state index is -0.478. The Morgan fingerprint density at radius 1 is 1.07 bits per heavy atom. The zero-order valence-electron chi connectivity index (χ0n) is 16.9. The van der Waals surface area contributed by atoms with Crippen LogP contribution in [-0.4, -0.2) is 48.4 Å². The Kier molecular flexibility index (Phi) is 5.03. The molecule has 2 aromatic rings. The SMILES string of the molecule is O=C1c2cc(Cl)ccc2CCC1CN1CCC2(CC1)C(=O)NCN2c1ccccc1. The van der Waals surface area contributed by atoms with Crippen molar-refractivity contribution >= 4 is 29.0 Å². The van der Waals surface area contributed by atoms with Crippen LogP contribution in [0.1, 0.15) is 35.2 Å². The van der Waals surface area contributed by atoms with Gasteiger partial charge in [-0.3, -0.25) is 9.59 Å². The Morgan fingerprint density at radius 2 is 1.83 bits per heavy atom. The maximum Gasteiger partial charge on any atom is 0.247 e. The fourth-order valence-electron chi connectivity index (χ4n) is 5.30. The lowest BCUT2D eigenvalue weighted by Gasteiger charge is -2.44. The lowest BCUT2D eigenvalue weighted by molar-refractivity contribution is -0.125. The molecular formula is C24H26ClN3O2. The Bertz CT molecular complexity index is 970. The number of anilines is 1. The number of likely N-dealkylation sites (tertiary alicyclic amines) is 1. The zero-order valence-corrected chi connectivity index (χ0v) is 17.7. The second kappa shape index (κ2) is 7.71. The number of carbonyl (C=O) groups excluding carboxylic acids is 2. The maximum absolute atomic E-state index is 13.0. The third kappa shape index (κ3) is 3.30. The number of para-hydroxylation sites is 1. The van der Waals surface area contributed by atoms with E-state index in [1.165, 1.54) is 0 Å². The van der Waals surface area contributed by atoms with Crippen LogP contribution in [0.15, 0.2) is 48.5 Å². The fourth-order valence-corrected chi connectivity index (χ4v) is 5.47. The predicted octanol–water partition coefficient (Wildman–Crippen LogP) is 3.51. The number of amides is 1. The number of carbonyl (C=O) groups is 2. The molecule has 0 radical (unpaired) electrons. The standard InChI is InChI=1S/C24H26ClN3O2/c25-19-9-8-17-6-7-18(22(29)21(17)14-19)15-27-12-10-24(11-13-27)23(30)26-16-28(24)20-4-2-1-3-5-20/h1-5,8-9,14,18H,6-7,10-13,15-16H2,(H,26,30). The van der Waals surface area contributed by atoms with Crippen LogP contribution in [0.4, 0.5) is 5.69 Å². The number of ketones is 1. The van der Waals surface area contributed by atoms with Gasteiger partial charge in [0.2, 0.25) is 5.91 Å². The summed E-state index contributed by atoms with van der Waals surface area (Å²) in [7, 11) is 0. The van der Waals surface area contributed by atoms with Gasteiger partial charge in [-0.2, -0.15) is 0 Å². The van der Waals surface area contributed by atoms with Crippen LogP contribution in [-0.2, 0) is 11.2 Å². The van der Waals surface area contributed by atoms with Crippen molar-refractivity contribution in [3.63, 3.8) is 0 Å². The lowest BCUT2D eigenvalue weighted by atomic mass is 9.81. The highest BCUT2D eigenvalue weighted by Gasteiger charge is 2.50. The molecule has 5 nitrogen and oxygen atoms in total. The molecule has 1 spiro atoms. The summed E-state index contributed by atoms with van der Waals surface area (Å²) in [5, 5.41) is 3.67. The number of Topliss-reactive ketones (excluding diaryl/α,β-unsaturated/α-hetero) is 1. The minimum absolute atomic E-state index is 0.00708. The lowest BCUT2D eigenvalue weighted by Crippen LogP contribution is -2.57. The number of aryl methyl sites for hydroxylation is 1. The normalized spacial score (nSPS) is 23.5. The molecule has 5 rings (SSSR count).